The van der Waals surface area contributed by atoms with Crippen LogP contribution in [-0.2, 0) is 14.3 Å². The SMILES string of the molecule is CCOC(=O)c1ccc(NCN2C(=O)[C@H]3CC=C(Cl)C[C@H]3C2=O)cc1. The predicted molar refractivity (Wildman–Crippen MR) is 92.9 cm³/mol. The van der Waals surface area contributed by atoms with Gasteiger partial charge in [-0.1, -0.05) is 17.7 Å². The van der Waals surface area contributed by atoms with Crippen molar-refractivity contribution in [2.75, 3.05) is 18.6 Å². The number of carbonyl (C=O) groups excluding carboxylic acids is 3. The fourth-order valence-electron chi connectivity index (χ4n) is 3.16. The molecule has 0 bridgehead atoms. The van der Waals surface area contributed by atoms with Crippen LogP contribution in [0.25, 0.3) is 0 Å². The molecule has 0 aromatic heterocycles. The second-order valence-corrected chi connectivity index (χ2v) is 6.53. The fourth-order valence-corrected chi connectivity index (χ4v) is 3.42. The highest BCUT2D eigenvalue weighted by Crippen LogP contribution is 2.38. The van der Waals surface area contributed by atoms with Gasteiger partial charge in [0.05, 0.1) is 30.7 Å². The van der Waals surface area contributed by atoms with Gasteiger partial charge in [-0.3, -0.25) is 14.5 Å². The van der Waals surface area contributed by atoms with Crippen LogP contribution in [0.5, 0.6) is 0 Å². The van der Waals surface area contributed by atoms with Crippen molar-refractivity contribution in [1.29, 1.82) is 0 Å². The molecular formula is C18H19ClN2O4. The number of likely N-dealkylation sites (tertiary alicyclic amines) is 1. The highest BCUT2D eigenvalue weighted by Gasteiger charge is 2.48. The normalized spacial score (nSPS) is 22.5. The minimum atomic E-state index is -0.382. The van der Waals surface area contributed by atoms with Crippen LogP contribution in [0.15, 0.2) is 35.4 Å². The van der Waals surface area contributed by atoms with E-state index in [1.165, 1.54) is 4.90 Å². The van der Waals surface area contributed by atoms with Crippen LogP contribution in [0.2, 0.25) is 0 Å². The third kappa shape index (κ3) is 3.54. The van der Waals surface area contributed by atoms with Gasteiger partial charge in [0.1, 0.15) is 0 Å². The van der Waals surface area contributed by atoms with E-state index in [4.69, 9.17) is 16.3 Å². The topological polar surface area (TPSA) is 75.7 Å². The number of ether oxygens (including phenoxy) is 1. The molecule has 1 fully saturated rings. The van der Waals surface area contributed by atoms with E-state index >= 15 is 0 Å². The molecule has 2 aliphatic rings. The first-order chi connectivity index (χ1) is 12.0. The van der Waals surface area contributed by atoms with Gasteiger partial charge in [0.2, 0.25) is 11.8 Å². The van der Waals surface area contributed by atoms with E-state index in [1.807, 2.05) is 6.08 Å². The van der Waals surface area contributed by atoms with Crippen molar-refractivity contribution in [2.45, 2.75) is 19.8 Å². The summed E-state index contributed by atoms with van der Waals surface area (Å²) >= 11 is 6.01. The van der Waals surface area contributed by atoms with Crippen LogP contribution in [0, 0.1) is 11.8 Å². The number of hydrogen-bond acceptors (Lipinski definition) is 5. The van der Waals surface area contributed by atoms with Crippen LogP contribution < -0.4 is 5.32 Å². The van der Waals surface area contributed by atoms with Gasteiger partial charge in [-0.05, 0) is 44.0 Å². The molecule has 1 heterocycles. The Hall–Kier alpha value is -2.34. The zero-order valence-corrected chi connectivity index (χ0v) is 14.6. The number of esters is 1. The molecule has 132 valence electrons. The maximum atomic E-state index is 12.5. The van der Waals surface area contributed by atoms with Gasteiger partial charge in [0.25, 0.3) is 0 Å². The third-order valence-corrected chi connectivity index (χ3v) is 4.81. The largest absolute Gasteiger partial charge is 0.462 e. The van der Waals surface area contributed by atoms with Crippen LogP contribution in [0.3, 0.4) is 0 Å². The Kier molecular flexibility index (Phi) is 5.08. The summed E-state index contributed by atoms with van der Waals surface area (Å²) in [6.45, 7) is 2.17. The molecule has 1 aromatic rings. The molecule has 1 aliphatic heterocycles. The van der Waals surface area contributed by atoms with Crippen molar-refractivity contribution in [3.8, 4) is 0 Å². The predicted octanol–water partition coefficient (Wildman–Crippen LogP) is 2.75. The lowest BCUT2D eigenvalue weighted by Crippen LogP contribution is -2.35. The first-order valence-corrected chi connectivity index (χ1v) is 8.60. The Morgan fingerprint density at radius 2 is 1.92 bits per heavy atom. The van der Waals surface area contributed by atoms with Crippen LogP contribution >= 0.6 is 11.6 Å². The number of hydrogen-bond donors (Lipinski definition) is 1. The van der Waals surface area contributed by atoms with Gasteiger partial charge in [0, 0.05) is 10.7 Å². The minimum absolute atomic E-state index is 0.0983. The summed E-state index contributed by atoms with van der Waals surface area (Å²) in [5.41, 5.74) is 1.16. The quantitative estimate of drug-likeness (QED) is 0.644. The Labute approximate surface area is 150 Å². The zero-order chi connectivity index (χ0) is 18.0. The van der Waals surface area contributed by atoms with Crippen molar-refractivity contribution in [3.63, 3.8) is 0 Å². The first-order valence-electron chi connectivity index (χ1n) is 8.22. The molecule has 0 saturated carbocycles. The van der Waals surface area contributed by atoms with Gasteiger partial charge in [-0.25, -0.2) is 4.79 Å². The average Bonchev–Trinajstić information content (AvgIpc) is 2.84. The summed E-state index contributed by atoms with van der Waals surface area (Å²) in [6.07, 6.45) is 2.76. The summed E-state index contributed by atoms with van der Waals surface area (Å²) in [5, 5.41) is 3.69. The molecule has 0 spiro atoms. The summed E-state index contributed by atoms with van der Waals surface area (Å²) in [6, 6.07) is 6.69. The Morgan fingerprint density at radius 1 is 1.24 bits per heavy atom. The minimum Gasteiger partial charge on any atom is -0.462 e. The number of rotatable bonds is 5. The number of imide groups is 1. The van der Waals surface area contributed by atoms with Gasteiger partial charge < -0.3 is 10.1 Å². The zero-order valence-electron chi connectivity index (χ0n) is 13.8. The number of nitrogens with one attached hydrogen (secondary N) is 1. The number of fused-ring (bicyclic) bond motifs is 1. The number of carbonyl (C=O) groups is 3. The van der Waals surface area contributed by atoms with Crippen LogP contribution in [0.1, 0.15) is 30.1 Å². The molecule has 1 aliphatic carbocycles. The van der Waals surface area contributed by atoms with E-state index < -0.39 is 0 Å². The Bertz CT molecular complexity index is 729. The van der Waals surface area contributed by atoms with Crippen molar-refractivity contribution in [1.82, 2.24) is 4.90 Å². The van der Waals surface area contributed by atoms with E-state index in [9.17, 15) is 14.4 Å². The fraction of sp³-hybridized carbons (Fsp3) is 0.389. The number of allylic oxidation sites excluding steroid dienone is 2. The molecule has 2 atom stereocenters. The van der Waals surface area contributed by atoms with Gasteiger partial charge in [-0.15, -0.1) is 0 Å². The molecule has 2 amide bonds. The van der Waals surface area contributed by atoms with E-state index in [0.717, 1.165) is 0 Å². The Morgan fingerprint density at radius 3 is 2.60 bits per heavy atom. The highest BCUT2D eigenvalue weighted by atomic mass is 35.5. The van der Waals surface area contributed by atoms with Crippen molar-refractivity contribution in [3.05, 3.63) is 40.9 Å². The highest BCUT2D eigenvalue weighted by molar-refractivity contribution is 6.30. The van der Waals surface area contributed by atoms with Crippen LogP contribution in [-0.4, -0.2) is 36.0 Å². The maximum absolute atomic E-state index is 12.5. The molecule has 6 nitrogen and oxygen atoms in total. The monoisotopic (exact) mass is 362 g/mol. The number of nitrogens with zero attached hydrogens (tertiary/aromatic N) is 1. The molecule has 0 radical (unpaired) electrons. The number of amides is 2. The number of benzene rings is 1. The lowest BCUT2D eigenvalue weighted by atomic mass is 9.85. The maximum Gasteiger partial charge on any atom is 0.338 e. The molecular weight excluding hydrogens is 344 g/mol. The van der Waals surface area contributed by atoms with Gasteiger partial charge >= 0.3 is 5.97 Å². The molecule has 1 N–H and O–H groups in total. The smallest absolute Gasteiger partial charge is 0.338 e. The second kappa shape index (κ2) is 7.27. The molecule has 7 heteroatoms. The first kappa shape index (κ1) is 17.5. The van der Waals surface area contributed by atoms with E-state index in [-0.39, 0.29) is 36.3 Å². The van der Waals surface area contributed by atoms with Gasteiger partial charge in [0.15, 0.2) is 0 Å². The summed E-state index contributed by atoms with van der Waals surface area (Å²) < 4.78 is 4.93. The summed E-state index contributed by atoms with van der Waals surface area (Å²) in [4.78, 5) is 37.7. The molecule has 1 aromatic carbocycles. The van der Waals surface area contributed by atoms with Gasteiger partial charge in [-0.2, -0.15) is 0 Å². The summed E-state index contributed by atoms with van der Waals surface area (Å²) in [5.74, 6) is -1.38. The molecule has 0 unspecified atom stereocenters. The van der Waals surface area contributed by atoms with E-state index in [0.29, 0.717) is 35.7 Å². The van der Waals surface area contributed by atoms with E-state index in [2.05, 4.69) is 5.32 Å². The van der Waals surface area contributed by atoms with E-state index in [1.54, 1.807) is 31.2 Å². The van der Waals surface area contributed by atoms with Crippen molar-refractivity contribution < 1.29 is 19.1 Å². The molecule has 25 heavy (non-hydrogen) atoms. The third-order valence-electron chi connectivity index (χ3n) is 4.50. The molecule has 1 saturated heterocycles. The summed E-state index contributed by atoms with van der Waals surface area (Å²) in [7, 11) is 0. The standard InChI is InChI=1S/C18H19ClN2O4/c1-2-25-18(24)11-3-6-13(7-4-11)20-10-21-16(22)14-8-5-12(19)9-15(14)17(21)23/h3-7,14-15,20H,2,8-10H2,1H3/t14-,15+/m0/s1. The van der Waals surface area contributed by atoms with Crippen LogP contribution in [0.4, 0.5) is 5.69 Å². The van der Waals surface area contributed by atoms with Crippen molar-refractivity contribution >= 4 is 35.1 Å². The van der Waals surface area contributed by atoms with Crippen molar-refractivity contribution in [2.24, 2.45) is 11.8 Å². The second-order valence-electron chi connectivity index (χ2n) is 6.04. The molecule has 3 rings (SSSR count). The lowest BCUT2D eigenvalue weighted by Gasteiger charge is -2.17. The Balaban J connectivity index is 1.61. The average molecular weight is 363 g/mol. The lowest BCUT2D eigenvalue weighted by molar-refractivity contribution is -0.139. The number of anilines is 1. The number of halogens is 1.